The fraction of sp³-hybridized carbons (Fsp3) is 0.300. The van der Waals surface area contributed by atoms with E-state index in [4.69, 9.17) is 9.47 Å². The molecule has 4 aromatic rings. The average molecular weight is 591 g/mol. The number of carbonyl (C=O) groups is 2. The standard InChI is InChI=1S/C30H28F2N6O5/c1-42-27(40)20-12-19(15-34-16-20)18-2-4-22-23(13-18)35-17-38(26(22)39)21-3-5-25(43-29(31)32)24(14-21)36-28(41)30(6-7-30)37-10-8-33-9-11-37/h2-5,12-17,29,33H,6-11H2,1H3,(H,36,41). The highest BCUT2D eigenvalue weighted by Gasteiger charge is 2.54. The fourth-order valence-electron chi connectivity index (χ4n) is 5.41. The lowest BCUT2D eigenvalue weighted by atomic mass is 10.0. The monoisotopic (exact) mass is 590 g/mol. The highest BCUT2D eigenvalue weighted by Crippen LogP contribution is 2.43. The number of carbonyl (C=O) groups excluding carboxylic acids is 2. The number of rotatable bonds is 8. The number of piperazine rings is 1. The maximum absolute atomic E-state index is 13.5. The first-order valence-corrected chi connectivity index (χ1v) is 13.7. The second kappa shape index (κ2) is 11.5. The molecule has 2 aliphatic rings. The van der Waals surface area contributed by atoms with Crippen LogP contribution in [-0.2, 0) is 9.53 Å². The third kappa shape index (κ3) is 5.56. The number of hydrogen-bond donors (Lipinski definition) is 2. The van der Waals surface area contributed by atoms with Gasteiger partial charge in [-0.15, -0.1) is 0 Å². The number of benzene rings is 2. The van der Waals surface area contributed by atoms with E-state index in [-0.39, 0.29) is 22.9 Å². The molecule has 2 N–H and O–H groups in total. The number of amides is 1. The molecule has 1 saturated carbocycles. The van der Waals surface area contributed by atoms with Gasteiger partial charge in [0.25, 0.3) is 5.56 Å². The van der Waals surface area contributed by atoms with Crippen LogP contribution < -0.4 is 20.9 Å². The summed E-state index contributed by atoms with van der Waals surface area (Å²) in [4.78, 5) is 49.5. The van der Waals surface area contributed by atoms with E-state index in [0.29, 0.717) is 53.6 Å². The van der Waals surface area contributed by atoms with Crippen molar-refractivity contribution in [2.75, 3.05) is 38.6 Å². The minimum absolute atomic E-state index is 0.0320. The minimum atomic E-state index is -3.10. The number of anilines is 1. The van der Waals surface area contributed by atoms with Crippen molar-refractivity contribution in [2.24, 2.45) is 0 Å². The Morgan fingerprint density at radius 2 is 1.84 bits per heavy atom. The summed E-state index contributed by atoms with van der Waals surface area (Å²) in [6.45, 7) is -0.157. The van der Waals surface area contributed by atoms with Crippen molar-refractivity contribution in [2.45, 2.75) is 25.0 Å². The van der Waals surface area contributed by atoms with Crippen LogP contribution in [0.5, 0.6) is 5.75 Å². The van der Waals surface area contributed by atoms with Crippen LogP contribution in [0.25, 0.3) is 27.7 Å². The molecule has 2 aromatic carbocycles. The van der Waals surface area contributed by atoms with Crippen LogP contribution in [0.4, 0.5) is 14.5 Å². The zero-order valence-electron chi connectivity index (χ0n) is 23.2. The normalized spacial score (nSPS) is 16.2. The van der Waals surface area contributed by atoms with Crippen LogP contribution >= 0.6 is 0 Å². The van der Waals surface area contributed by atoms with Crippen LogP contribution in [0.15, 0.2) is 66.0 Å². The number of nitrogens with one attached hydrogen (secondary N) is 2. The second-order valence-corrected chi connectivity index (χ2v) is 10.4. The highest BCUT2D eigenvalue weighted by molar-refractivity contribution is 6.01. The van der Waals surface area contributed by atoms with E-state index in [0.717, 1.165) is 13.1 Å². The number of halogens is 2. The Bertz CT molecular complexity index is 1770. The molecule has 0 unspecified atom stereocenters. The number of methoxy groups -OCH3 is 1. The molecule has 2 aromatic heterocycles. The van der Waals surface area contributed by atoms with Crippen molar-refractivity contribution in [3.8, 4) is 22.6 Å². The van der Waals surface area contributed by atoms with E-state index >= 15 is 0 Å². The molecule has 1 aliphatic heterocycles. The van der Waals surface area contributed by atoms with E-state index < -0.39 is 23.7 Å². The Kier molecular flexibility index (Phi) is 7.59. The molecular formula is C30H28F2N6O5. The number of aromatic nitrogens is 3. The lowest BCUT2D eigenvalue weighted by molar-refractivity contribution is -0.123. The lowest BCUT2D eigenvalue weighted by Crippen LogP contribution is -2.54. The van der Waals surface area contributed by atoms with Gasteiger partial charge in [0.2, 0.25) is 5.91 Å². The summed E-state index contributed by atoms with van der Waals surface area (Å²) in [6, 6.07) is 10.8. The Morgan fingerprint density at radius 3 is 2.56 bits per heavy atom. The largest absolute Gasteiger partial charge is 0.465 e. The molecule has 11 nitrogen and oxygen atoms in total. The van der Waals surface area contributed by atoms with Crippen LogP contribution in [0.2, 0.25) is 0 Å². The van der Waals surface area contributed by atoms with Gasteiger partial charge >= 0.3 is 12.6 Å². The molecule has 0 spiro atoms. The minimum Gasteiger partial charge on any atom is -0.465 e. The van der Waals surface area contributed by atoms with Crippen molar-refractivity contribution >= 4 is 28.5 Å². The predicted octanol–water partition coefficient (Wildman–Crippen LogP) is 3.21. The molecule has 6 rings (SSSR count). The Morgan fingerprint density at radius 1 is 1.05 bits per heavy atom. The SMILES string of the molecule is COC(=O)c1cncc(-c2ccc3c(=O)n(-c4ccc(OC(F)F)c(NC(=O)C5(N6CCNCC6)CC5)c4)cnc3c2)c1. The third-order valence-corrected chi connectivity index (χ3v) is 7.83. The molecule has 13 heteroatoms. The summed E-state index contributed by atoms with van der Waals surface area (Å²) >= 11 is 0. The predicted molar refractivity (Wildman–Crippen MR) is 154 cm³/mol. The molecule has 1 aliphatic carbocycles. The van der Waals surface area contributed by atoms with Crippen molar-refractivity contribution in [3.05, 3.63) is 77.1 Å². The molecule has 3 heterocycles. The van der Waals surface area contributed by atoms with Gasteiger partial charge in [0, 0.05) is 44.1 Å². The van der Waals surface area contributed by atoms with E-state index in [2.05, 4.69) is 25.5 Å². The van der Waals surface area contributed by atoms with Gasteiger partial charge < -0.3 is 20.1 Å². The summed E-state index contributed by atoms with van der Waals surface area (Å²) in [5, 5.41) is 6.36. The molecule has 0 atom stereocenters. The first-order chi connectivity index (χ1) is 20.8. The lowest BCUT2D eigenvalue weighted by Gasteiger charge is -2.34. The molecule has 0 bridgehead atoms. The molecular weight excluding hydrogens is 562 g/mol. The quantitative estimate of drug-likeness (QED) is 0.298. The Hall–Kier alpha value is -4.75. The summed E-state index contributed by atoms with van der Waals surface area (Å²) in [6.07, 6.45) is 5.65. The van der Waals surface area contributed by atoms with Crippen LogP contribution in [0, 0.1) is 0 Å². The van der Waals surface area contributed by atoms with E-state index in [1.165, 1.54) is 42.4 Å². The Labute approximate surface area is 244 Å². The van der Waals surface area contributed by atoms with Gasteiger partial charge in [-0.25, -0.2) is 9.78 Å². The van der Waals surface area contributed by atoms with E-state index in [1.54, 1.807) is 30.5 Å². The van der Waals surface area contributed by atoms with Gasteiger partial charge in [0.05, 0.1) is 35.0 Å². The molecule has 1 amide bonds. The molecule has 0 radical (unpaired) electrons. The molecule has 1 saturated heterocycles. The summed E-state index contributed by atoms with van der Waals surface area (Å²) < 4.78 is 37.2. The van der Waals surface area contributed by atoms with Crippen molar-refractivity contribution in [1.29, 1.82) is 0 Å². The van der Waals surface area contributed by atoms with Gasteiger partial charge in [0.15, 0.2) is 0 Å². The first-order valence-electron chi connectivity index (χ1n) is 13.7. The molecule has 222 valence electrons. The van der Waals surface area contributed by atoms with Gasteiger partial charge in [0.1, 0.15) is 17.6 Å². The van der Waals surface area contributed by atoms with Gasteiger partial charge in [-0.05, 0) is 54.8 Å². The topological polar surface area (TPSA) is 128 Å². The van der Waals surface area contributed by atoms with Crippen LogP contribution in [0.1, 0.15) is 23.2 Å². The number of esters is 1. The van der Waals surface area contributed by atoms with E-state index in [9.17, 15) is 23.2 Å². The first kappa shape index (κ1) is 28.4. The van der Waals surface area contributed by atoms with Crippen LogP contribution in [0.3, 0.4) is 0 Å². The molecule has 2 fully saturated rings. The van der Waals surface area contributed by atoms with Gasteiger partial charge in [-0.3, -0.25) is 24.0 Å². The van der Waals surface area contributed by atoms with Crippen molar-refractivity contribution < 1.29 is 27.8 Å². The summed E-state index contributed by atoms with van der Waals surface area (Å²) in [7, 11) is 1.29. The second-order valence-electron chi connectivity index (χ2n) is 10.4. The zero-order valence-corrected chi connectivity index (χ0v) is 23.2. The highest BCUT2D eigenvalue weighted by atomic mass is 19.3. The van der Waals surface area contributed by atoms with Crippen molar-refractivity contribution in [1.82, 2.24) is 24.8 Å². The average Bonchev–Trinajstić information content (AvgIpc) is 3.84. The number of nitrogens with zero attached hydrogens (tertiary/aromatic N) is 4. The number of ether oxygens (including phenoxy) is 2. The number of fused-ring (bicyclic) bond motifs is 1. The summed E-state index contributed by atoms with van der Waals surface area (Å²) in [5.41, 5.74) is 1.26. The Balaban J connectivity index is 1.32. The maximum Gasteiger partial charge on any atom is 0.387 e. The van der Waals surface area contributed by atoms with Gasteiger partial charge in [-0.1, -0.05) is 6.07 Å². The fourth-order valence-corrected chi connectivity index (χ4v) is 5.41. The van der Waals surface area contributed by atoms with E-state index in [1.807, 2.05) is 0 Å². The smallest absolute Gasteiger partial charge is 0.387 e. The van der Waals surface area contributed by atoms with Crippen molar-refractivity contribution in [3.63, 3.8) is 0 Å². The number of hydrogen-bond acceptors (Lipinski definition) is 9. The zero-order chi connectivity index (χ0) is 30.1. The van der Waals surface area contributed by atoms with Gasteiger partial charge in [-0.2, -0.15) is 8.78 Å². The molecule has 43 heavy (non-hydrogen) atoms. The van der Waals surface area contributed by atoms with Crippen LogP contribution in [-0.4, -0.2) is 76.8 Å². The summed E-state index contributed by atoms with van der Waals surface area (Å²) in [5.74, 6) is -1.03. The maximum atomic E-state index is 13.5. The third-order valence-electron chi connectivity index (χ3n) is 7.83. The number of alkyl halides is 2. The number of pyridine rings is 1.